The van der Waals surface area contributed by atoms with E-state index in [1.807, 2.05) is 29.6 Å². The predicted octanol–water partition coefficient (Wildman–Crippen LogP) is 5.74. The molecule has 0 fully saturated rings. The second-order valence-electron chi connectivity index (χ2n) is 7.92. The van der Waals surface area contributed by atoms with Crippen LogP contribution in [0.2, 0.25) is 0 Å². The standard InChI is InChI=1S/C23H26N2O2S/c1-15-10-11-17(12-16(15)2)19-14-28-22(24-19)25-21(26)13-27-20-9-7-6-8-18(20)23(3,4)5/h6-12,14H,13H2,1-5H3,(H,24,25,26). The fourth-order valence-electron chi connectivity index (χ4n) is 2.88. The van der Waals surface area contributed by atoms with Crippen LogP contribution in [-0.2, 0) is 10.2 Å². The van der Waals surface area contributed by atoms with Crippen LogP contribution in [0.5, 0.6) is 5.75 Å². The lowest BCUT2D eigenvalue weighted by Gasteiger charge is -2.22. The molecule has 146 valence electrons. The number of rotatable bonds is 5. The minimum absolute atomic E-state index is 0.0500. The Morgan fingerprint density at radius 2 is 1.86 bits per heavy atom. The van der Waals surface area contributed by atoms with Crippen molar-refractivity contribution >= 4 is 22.4 Å². The van der Waals surface area contributed by atoms with Crippen LogP contribution in [0.4, 0.5) is 5.13 Å². The van der Waals surface area contributed by atoms with Gasteiger partial charge in [0.15, 0.2) is 11.7 Å². The number of thiazole rings is 1. The molecule has 3 aromatic rings. The molecule has 0 bridgehead atoms. The van der Waals surface area contributed by atoms with Crippen LogP contribution in [0.1, 0.15) is 37.5 Å². The average molecular weight is 395 g/mol. The van der Waals surface area contributed by atoms with Gasteiger partial charge in [-0.15, -0.1) is 11.3 Å². The van der Waals surface area contributed by atoms with Crippen LogP contribution in [0, 0.1) is 13.8 Å². The minimum Gasteiger partial charge on any atom is -0.483 e. The Kier molecular flexibility index (Phi) is 5.84. The lowest BCUT2D eigenvalue weighted by molar-refractivity contribution is -0.118. The zero-order valence-electron chi connectivity index (χ0n) is 17.0. The number of benzene rings is 2. The molecule has 0 atom stereocenters. The Bertz CT molecular complexity index is 986. The summed E-state index contributed by atoms with van der Waals surface area (Å²) < 4.78 is 5.78. The van der Waals surface area contributed by atoms with Crippen molar-refractivity contribution in [2.45, 2.75) is 40.0 Å². The van der Waals surface area contributed by atoms with Crippen molar-refractivity contribution in [2.75, 3.05) is 11.9 Å². The lowest BCUT2D eigenvalue weighted by atomic mass is 9.86. The SMILES string of the molecule is Cc1ccc(-c2csc(NC(=O)COc3ccccc3C(C)(C)C)n2)cc1C. The Labute approximate surface area is 170 Å². The minimum atomic E-state index is -0.218. The molecule has 1 amide bonds. The number of para-hydroxylation sites is 1. The van der Waals surface area contributed by atoms with Gasteiger partial charge in [0.05, 0.1) is 5.69 Å². The first kappa shape index (κ1) is 20.1. The molecule has 0 saturated heterocycles. The average Bonchev–Trinajstić information content (AvgIpc) is 3.10. The van der Waals surface area contributed by atoms with E-state index in [0.29, 0.717) is 5.13 Å². The first-order chi connectivity index (χ1) is 13.2. The van der Waals surface area contributed by atoms with Gasteiger partial charge in [-0.25, -0.2) is 4.98 Å². The van der Waals surface area contributed by atoms with Crippen LogP contribution in [0.3, 0.4) is 0 Å². The maximum absolute atomic E-state index is 12.3. The number of hydrogen-bond acceptors (Lipinski definition) is 4. The molecule has 3 rings (SSSR count). The van der Waals surface area contributed by atoms with Gasteiger partial charge in [-0.1, -0.05) is 51.1 Å². The van der Waals surface area contributed by atoms with Gasteiger partial charge in [0.25, 0.3) is 5.91 Å². The molecule has 0 radical (unpaired) electrons. The summed E-state index contributed by atoms with van der Waals surface area (Å²) in [6, 6.07) is 14.1. The highest BCUT2D eigenvalue weighted by Crippen LogP contribution is 2.31. The van der Waals surface area contributed by atoms with E-state index in [0.717, 1.165) is 22.6 Å². The van der Waals surface area contributed by atoms with E-state index < -0.39 is 0 Å². The van der Waals surface area contributed by atoms with Gasteiger partial charge < -0.3 is 4.74 Å². The molecule has 1 aromatic heterocycles. The number of aryl methyl sites for hydroxylation is 2. The number of carbonyl (C=O) groups is 1. The van der Waals surface area contributed by atoms with Crippen LogP contribution >= 0.6 is 11.3 Å². The molecule has 2 aromatic carbocycles. The Hall–Kier alpha value is -2.66. The van der Waals surface area contributed by atoms with E-state index >= 15 is 0 Å². The van der Waals surface area contributed by atoms with Gasteiger partial charge in [-0.05, 0) is 48.1 Å². The van der Waals surface area contributed by atoms with Gasteiger partial charge >= 0.3 is 0 Å². The molecule has 0 aliphatic carbocycles. The third kappa shape index (κ3) is 4.78. The van der Waals surface area contributed by atoms with Crippen LogP contribution in [-0.4, -0.2) is 17.5 Å². The fraction of sp³-hybridized carbons (Fsp3) is 0.304. The molecule has 1 N–H and O–H groups in total. The molecular weight excluding hydrogens is 368 g/mol. The largest absolute Gasteiger partial charge is 0.483 e. The van der Waals surface area contributed by atoms with Crippen LogP contribution in [0.25, 0.3) is 11.3 Å². The quantitative estimate of drug-likeness (QED) is 0.600. The number of ether oxygens (including phenoxy) is 1. The van der Waals surface area contributed by atoms with E-state index in [2.05, 4.69) is 63.1 Å². The fourth-order valence-corrected chi connectivity index (χ4v) is 3.61. The Balaban J connectivity index is 1.64. The van der Waals surface area contributed by atoms with Crippen molar-refractivity contribution in [2.24, 2.45) is 0 Å². The van der Waals surface area contributed by atoms with Crippen molar-refractivity contribution < 1.29 is 9.53 Å². The highest BCUT2D eigenvalue weighted by Gasteiger charge is 2.19. The van der Waals surface area contributed by atoms with Gasteiger partial charge in [0.1, 0.15) is 5.75 Å². The van der Waals surface area contributed by atoms with Gasteiger partial charge in [-0.2, -0.15) is 0 Å². The summed E-state index contributed by atoms with van der Waals surface area (Å²) >= 11 is 1.41. The number of hydrogen-bond donors (Lipinski definition) is 1. The van der Waals surface area contributed by atoms with E-state index in [-0.39, 0.29) is 17.9 Å². The Morgan fingerprint density at radius 1 is 1.11 bits per heavy atom. The second kappa shape index (κ2) is 8.15. The van der Waals surface area contributed by atoms with E-state index in [1.165, 1.54) is 22.5 Å². The maximum Gasteiger partial charge on any atom is 0.264 e. The maximum atomic E-state index is 12.3. The summed E-state index contributed by atoms with van der Waals surface area (Å²) in [4.78, 5) is 16.9. The summed E-state index contributed by atoms with van der Waals surface area (Å²) in [6.07, 6.45) is 0. The number of anilines is 1. The molecular formula is C23H26N2O2S. The zero-order valence-corrected chi connectivity index (χ0v) is 17.8. The highest BCUT2D eigenvalue weighted by molar-refractivity contribution is 7.14. The number of carbonyl (C=O) groups excluding carboxylic acids is 1. The third-order valence-corrected chi connectivity index (χ3v) is 5.36. The van der Waals surface area contributed by atoms with Gasteiger partial charge in [0.2, 0.25) is 0 Å². The zero-order chi connectivity index (χ0) is 20.3. The number of nitrogens with one attached hydrogen (secondary N) is 1. The molecule has 4 nitrogen and oxygen atoms in total. The van der Waals surface area contributed by atoms with Crippen molar-refractivity contribution in [1.29, 1.82) is 0 Å². The summed E-state index contributed by atoms with van der Waals surface area (Å²) in [5, 5.41) is 5.36. The van der Waals surface area contributed by atoms with Crippen molar-refractivity contribution in [3.8, 4) is 17.0 Å². The number of aromatic nitrogens is 1. The number of nitrogens with zero attached hydrogens (tertiary/aromatic N) is 1. The monoisotopic (exact) mass is 394 g/mol. The summed E-state index contributed by atoms with van der Waals surface area (Å²) in [5.74, 6) is 0.518. The van der Waals surface area contributed by atoms with E-state index in [4.69, 9.17) is 4.74 Å². The molecule has 0 aliphatic heterocycles. The van der Waals surface area contributed by atoms with E-state index in [9.17, 15) is 4.79 Å². The van der Waals surface area contributed by atoms with Crippen LogP contribution < -0.4 is 10.1 Å². The molecule has 0 saturated carbocycles. The van der Waals surface area contributed by atoms with E-state index in [1.54, 1.807) is 0 Å². The third-order valence-electron chi connectivity index (χ3n) is 4.61. The van der Waals surface area contributed by atoms with Crippen molar-refractivity contribution in [3.63, 3.8) is 0 Å². The smallest absolute Gasteiger partial charge is 0.264 e. The lowest BCUT2D eigenvalue weighted by Crippen LogP contribution is -2.21. The first-order valence-electron chi connectivity index (χ1n) is 9.29. The molecule has 5 heteroatoms. The topological polar surface area (TPSA) is 51.2 Å². The van der Waals surface area contributed by atoms with Crippen LogP contribution in [0.15, 0.2) is 47.8 Å². The Morgan fingerprint density at radius 3 is 2.57 bits per heavy atom. The van der Waals surface area contributed by atoms with Crippen molar-refractivity contribution in [3.05, 3.63) is 64.5 Å². The highest BCUT2D eigenvalue weighted by atomic mass is 32.1. The molecule has 0 aliphatic rings. The molecule has 0 unspecified atom stereocenters. The molecule has 28 heavy (non-hydrogen) atoms. The molecule has 1 heterocycles. The molecule has 0 spiro atoms. The second-order valence-corrected chi connectivity index (χ2v) is 8.78. The summed E-state index contributed by atoms with van der Waals surface area (Å²) in [5.41, 5.74) is 5.41. The summed E-state index contributed by atoms with van der Waals surface area (Å²) in [6.45, 7) is 10.5. The van der Waals surface area contributed by atoms with Gasteiger partial charge in [-0.3, -0.25) is 10.1 Å². The van der Waals surface area contributed by atoms with Crippen molar-refractivity contribution in [1.82, 2.24) is 4.98 Å². The summed E-state index contributed by atoms with van der Waals surface area (Å²) in [7, 11) is 0. The predicted molar refractivity (Wildman–Crippen MR) is 116 cm³/mol. The van der Waals surface area contributed by atoms with Gasteiger partial charge in [0, 0.05) is 10.9 Å². The number of amides is 1. The normalized spacial score (nSPS) is 11.3. The first-order valence-corrected chi connectivity index (χ1v) is 10.2.